The molecule has 3 N–H and O–H groups in total. The lowest BCUT2D eigenvalue weighted by Crippen LogP contribution is -2.44. The van der Waals surface area contributed by atoms with Gasteiger partial charge >= 0.3 is 0 Å². The first kappa shape index (κ1) is 24.0. The van der Waals surface area contributed by atoms with Crippen LogP contribution < -0.4 is 15.5 Å². The van der Waals surface area contributed by atoms with Crippen LogP contribution in [-0.2, 0) is 4.74 Å². The summed E-state index contributed by atoms with van der Waals surface area (Å²) < 4.78 is 5.53. The predicted molar refractivity (Wildman–Crippen MR) is 123 cm³/mol. The van der Waals surface area contributed by atoms with E-state index in [1.54, 1.807) is 7.05 Å². The Morgan fingerprint density at radius 3 is 2.67 bits per heavy atom. The molecule has 1 unspecified atom stereocenters. The van der Waals surface area contributed by atoms with Gasteiger partial charge in [-0.15, -0.1) is 24.0 Å². The van der Waals surface area contributed by atoms with E-state index in [1.165, 1.54) is 5.69 Å². The standard InChI is InChI=1S/C20H34N4O2.HI/c1-21-19(23-16-20(10-14-25)11-15-26-17-20)22-12-6-7-13-24(2)18-8-4-3-5-9-18;/h3-5,8-9,25H,6-7,10-17H2,1-2H3,(H2,21,22,23);1H. The average Bonchev–Trinajstić information content (AvgIpc) is 3.13. The van der Waals surface area contributed by atoms with Crippen molar-refractivity contribution in [2.24, 2.45) is 10.4 Å². The number of ether oxygens (including phenoxy) is 1. The summed E-state index contributed by atoms with van der Waals surface area (Å²) in [6.45, 7) is 4.41. The quantitative estimate of drug-likeness (QED) is 0.204. The third kappa shape index (κ3) is 8.23. The first-order valence-electron chi connectivity index (χ1n) is 9.58. The number of rotatable bonds is 10. The largest absolute Gasteiger partial charge is 0.396 e. The Kier molecular flexibility index (Phi) is 11.7. The van der Waals surface area contributed by atoms with E-state index in [1.807, 2.05) is 6.07 Å². The Morgan fingerprint density at radius 1 is 1.26 bits per heavy atom. The van der Waals surface area contributed by atoms with E-state index in [-0.39, 0.29) is 36.0 Å². The topological polar surface area (TPSA) is 69.1 Å². The molecule has 154 valence electrons. The fourth-order valence-corrected chi connectivity index (χ4v) is 3.30. The van der Waals surface area contributed by atoms with Crippen LogP contribution in [0, 0.1) is 5.41 Å². The molecular formula is C20H35IN4O2. The van der Waals surface area contributed by atoms with Gasteiger partial charge in [-0.1, -0.05) is 18.2 Å². The average molecular weight is 490 g/mol. The molecule has 0 radical (unpaired) electrons. The molecule has 27 heavy (non-hydrogen) atoms. The van der Waals surface area contributed by atoms with Gasteiger partial charge in [0, 0.05) is 58.0 Å². The predicted octanol–water partition coefficient (Wildman–Crippen LogP) is 2.48. The minimum Gasteiger partial charge on any atom is -0.396 e. The van der Waals surface area contributed by atoms with Gasteiger partial charge in [0.1, 0.15) is 0 Å². The number of hydrogen-bond donors (Lipinski definition) is 3. The number of unbranched alkanes of at least 4 members (excludes halogenated alkanes) is 1. The molecule has 0 saturated carbocycles. The van der Waals surface area contributed by atoms with Gasteiger partial charge in [-0.3, -0.25) is 4.99 Å². The van der Waals surface area contributed by atoms with Gasteiger partial charge in [-0.2, -0.15) is 0 Å². The Balaban J connectivity index is 0.00000364. The number of nitrogens with one attached hydrogen (secondary N) is 2. The number of para-hydroxylation sites is 1. The van der Waals surface area contributed by atoms with E-state index < -0.39 is 0 Å². The molecule has 1 aromatic rings. The van der Waals surface area contributed by atoms with Crippen LogP contribution in [0.4, 0.5) is 5.69 Å². The smallest absolute Gasteiger partial charge is 0.190 e. The summed E-state index contributed by atoms with van der Waals surface area (Å²) in [7, 11) is 3.93. The number of halogens is 1. The number of hydrogen-bond acceptors (Lipinski definition) is 4. The van der Waals surface area contributed by atoms with E-state index in [9.17, 15) is 5.11 Å². The first-order chi connectivity index (χ1) is 12.7. The van der Waals surface area contributed by atoms with Gasteiger partial charge in [-0.25, -0.2) is 0 Å². The minimum atomic E-state index is 0. The second kappa shape index (κ2) is 13.2. The Morgan fingerprint density at radius 2 is 2.04 bits per heavy atom. The number of nitrogens with zero attached hydrogens (tertiary/aromatic N) is 2. The molecule has 0 spiro atoms. The Bertz CT molecular complexity index is 536. The maximum absolute atomic E-state index is 9.31. The number of guanidine groups is 1. The molecule has 1 saturated heterocycles. The Labute approximate surface area is 180 Å². The summed E-state index contributed by atoms with van der Waals surface area (Å²) in [5.74, 6) is 0.825. The monoisotopic (exact) mass is 490 g/mol. The second-order valence-corrected chi connectivity index (χ2v) is 7.09. The molecule has 7 heteroatoms. The van der Waals surface area contributed by atoms with Gasteiger partial charge in [0.25, 0.3) is 0 Å². The normalized spacial score (nSPS) is 19.4. The van der Waals surface area contributed by atoms with Crippen molar-refractivity contribution in [2.75, 3.05) is 58.5 Å². The SMILES string of the molecule is CN=C(NCCCCN(C)c1ccccc1)NCC1(CCO)CCOC1.I. The van der Waals surface area contributed by atoms with Crippen LogP contribution in [0.3, 0.4) is 0 Å². The summed E-state index contributed by atoms with van der Waals surface area (Å²) in [4.78, 5) is 6.58. The van der Waals surface area contributed by atoms with Crippen molar-refractivity contribution in [2.45, 2.75) is 25.7 Å². The maximum Gasteiger partial charge on any atom is 0.190 e. The zero-order chi connectivity index (χ0) is 18.7. The fraction of sp³-hybridized carbons (Fsp3) is 0.650. The Hall–Kier alpha value is -1.06. The van der Waals surface area contributed by atoms with Crippen LogP contribution in [0.15, 0.2) is 35.3 Å². The summed E-state index contributed by atoms with van der Waals surface area (Å²) in [5, 5.41) is 16.1. The molecule has 0 aromatic heterocycles. The molecule has 6 nitrogen and oxygen atoms in total. The van der Waals surface area contributed by atoms with Crippen molar-refractivity contribution in [3.8, 4) is 0 Å². The van der Waals surface area contributed by atoms with Crippen LogP contribution in [0.25, 0.3) is 0 Å². The molecule has 2 rings (SSSR count). The highest BCUT2D eigenvalue weighted by atomic mass is 127. The fourth-order valence-electron chi connectivity index (χ4n) is 3.30. The molecule has 0 bridgehead atoms. The number of aliphatic hydroxyl groups excluding tert-OH is 1. The summed E-state index contributed by atoms with van der Waals surface area (Å²) >= 11 is 0. The molecule has 1 aliphatic rings. The molecule has 1 heterocycles. The van der Waals surface area contributed by atoms with Crippen molar-refractivity contribution in [3.63, 3.8) is 0 Å². The summed E-state index contributed by atoms with van der Waals surface area (Å²) in [6, 6.07) is 10.5. The van der Waals surface area contributed by atoms with E-state index in [4.69, 9.17) is 4.74 Å². The van der Waals surface area contributed by atoms with Crippen molar-refractivity contribution >= 4 is 35.6 Å². The molecule has 1 aromatic carbocycles. The highest BCUT2D eigenvalue weighted by Gasteiger charge is 2.34. The van der Waals surface area contributed by atoms with Crippen LogP contribution in [0.2, 0.25) is 0 Å². The van der Waals surface area contributed by atoms with Gasteiger partial charge in [-0.05, 0) is 37.8 Å². The molecular weight excluding hydrogens is 455 g/mol. The van der Waals surface area contributed by atoms with Crippen molar-refractivity contribution in [1.29, 1.82) is 0 Å². The van der Waals surface area contributed by atoms with Crippen molar-refractivity contribution in [1.82, 2.24) is 10.6 Å². The van der Waals surface area contributed by atoms with E-state index >= 15 is 0 Å². The minimum absolute atomic E-state index is 0. The van der Waals surface area contributed by atoms with E-state index in [0.717, 1.165) is 57.9 Å². The zero-order valence-electron chi connectivity index (χ0n) is 16.6. The van der Waals surface area contributed by atoms with Crippen molar-refractivity contribution < 1.29 is 9.84 Å². The first-order valence-corrected chi connectivity index (χ1v) is 9.58. The number of aliphatic hydroxyl groups is 1. The van der Waals surface area contributed by atoms with E-state index in [0.29, 0.717) is 6.61 Å². The number of anilines is 1. The maximum atomic E-state index is 9.31. The third-order valence-electron chi connectivity index (χ3n) is 5.09. The van der Waals surface area contributed by atoms with Crippen LogP contribution in [0.5, 0.6) is 0 Å². The van der Waals surface area contributed by atoms with Crippen molar-refractivity contribution in [3.05, 3.63) is 30.3 Å². The number of benzene rings is 1. The van der Waals surface area contributed by atoms with Gasteiger partial charge in [0.05, 0.1) is 6.61 Å². The molecule has 1 aliphatic heterocycles. The molecule has 0 aliphatic carbocycles. The van der Waals surface area contributed by atoms with Crippen LogP contribution in [-0.4, -0.2) is 64.6 Å². The lowest BCUT2D eigenvalue weighted by molar-refractivity contribution is 0.127. The molecule has 1 fully saturated rings. The van der Waals surface area contributed by atoms with Crippen LogP contribution in [0.1, 0.15) is 25.7 Å². The lowest BCUT2D eigenvalue weighted by atomic mass is 9.84. The van der Waals surface area contributed by atoms with Crippen LogP contribution >= 0.6 is 24.0 Å². The van der Waals surface area contributed by atoms with E-state index in [2.05, 4.69) is 51.8 Å². The highest BCUT2D eigenvalue weighted by molar-refractivity contribution is 14.0. The zero-order valence-corrected chi connectivity index (χ0v) is 18.9. The van der Waals surface area contributed by atoms with Gasteiger partial charge in [0.15, 0.2) is 5.96 Å². The second-order valence-electron chi connectivity index (χ2n) is 7.09. The summed E-state index contributed by atoms with van der Waals surface area (Å²) in [6.07, 6.45) is 3.96. The lowest BCUT2D eigenvalue weighted by Gasteiger charge is -2.27. The van der Waals surface area contributed by atoms with Gasteiger partial charge in [0.2, 0.25) is 0 Å². The molecule has 0 amide bonds. The third-order valence-corrected chi connectivity index (χ3v) is 5.09. The summed E-state index contributed by atoms with van der Waals surface area (Å²) in [5.41, 5.74) is 1.29. The highest BCUT2D eigenvalue weighted by Crippen LogP contribution is 2.31. The van der Waals surface area contributed by atoms with Gasteiger partial charge < -0.3 is 25.4 Å². The molecule has 1 atom stereocenters. The number of aliphatic imine (C=N–C) groups is 1.